The highest BCUT2D eigenvalue weighted by atomic mass is 19.1. The van der Waals surface area contributed by atoms with E-state index in [9.17, 15) is 9.18 Å². The number of rotatable bonds is 21. The second kappa shape index (κ2) is 19.9. The largest absolute Gasteiger partial charge is 0.420 e. The van der Waals surface area contributed by atoms with Crippen LogP contribution < -0.4 is 4.74 Å². The fourth-order valence-corrected chi connectivity index (χ4v) is 5.26. The predicted octanol–water partition coefficient (Wildman–Crippen LogP) is 10.9. The SMILES string of the molecule is CCCCCCCCCCc1cnc(-c2ccc(C(=O)Oc3ccc(CCCCCCCCCC)cc3F)cc2)nc1. The van der Waals surface area contributed by atoms with Crippen molar-refractivity contribution in [3.63, 3.8) is 0 Å². The summed E-state index contributed by atoms with van der Waals surface area (Å²) >= 11 is 0. The topological polar surface area (TPSA) is 52.1 Å². The third kappa shape index (κ3) is 12.4. The van der Waals surface area contributed by atoms with E-state index in [-0.39, 0.29) is 5.75 Å². The lowest BCUT2D eigenvalue weighted by Gasteiger charge is -2.08. The highest BCUT2D eigenvalue weighted by Crippen LogP contribution is 2.22. The van der Waals surface area contributed by atoms with Gasteiger partial charge >= 0.3 is 5.97 Å². The fraction of sp³-hybridized carbons (Fsp3) is 0.541. The van der Waals surface area contributed by atoms with Crippen molar-refractivity contribution in [2.75, 3.05) is 0 Å². The number of nitrogens with zero attached hydrogens (tertiary/aromatic N) is 2. The number of aryl methyl sites for hydroxylation is 2. The molecule has 0 aliphatic carbocycles. The molecule has 3 aromatic rings. The average molecular weight is 575 g/mol. The molecule has 42 heavy (non-hydrogen) atoms. The van der Waals surface area contributed by atoms with Crippen LogP contribution in [0.1, 0.15) is 138 Å². The van der Waals surface area contributed by atoms with E-state index in [0.29, 0.717) is 11.4 Å². The van der Waals surface area contributed by atoms with Gasteiger partial charge in [0.1, 0.15) is 0 Å². The van der Waals surface area contributed by atoms with Crippen LogP contribution >= 0.6 is 0 Å². The van der Waals surface area contributed by atoms with Crippen molar-refractivity contribution >= 4 is 5.97 Å². The Bertz CT molecular complexity index is 1160. The molecule has 0 radical (unpaired) electrons. The molecular weight excluding hydrogens is 523 g/mol. The molecule has 0 N–H and O–H groups in total. The molecule has 0 atom stereocenters. The molecule has 1 aromatic heterocycles. The number of halogens is 1. The van der Waals surface area contributed by atoms with E-state index in [0.717, 1.165) is 48.8 Å². The molecule has 0 saturated heterocycles. The van der Waals surface area contributed by atoms with Crippen LogP contribution in [-0.4, -0.2) is 15.9 Å². The van der Waals surface area contributed by atoms with Gasteiger partial charge in [-0.25, -0.2) is 19.2 Å². The van der Waals surface area contributed by atoms with Crippen LogP contribution in [0.5, 0.6) is 5.75 Å². The van der Waals surface area contributed by atoms with Crippen molar-refractivity contribution in [2.45, 2.75) is 129 Å². The van der Waals surface area contributed by atoms with Gasteiger partial charge in [-0.2, -0.15) is 0 Å². The van der Waals surface area contributed by atoms with Crippen LogP contribution in [0, 0.1) is 5.82 Å². The molecule has 3 rings (SSSR count). The van der Waals surface area contributed by atoms with Crippen molar-refractivity contribution in [3.8, 4) is 17.1 Å². The molecule has 0 spiro atoms. The summed E-state index contributed by atoms with van der Waals surface area (Å²) in [7, 11) is 0. The molecule has 0 unspecified atom stereocenters. The first kappa shape index (κ1) is 33.4. The number of carbonyl (C=O) groups excluding carboxylic acids is 1. The number of ether oxygens (including phenoxy) is 1. The molecule has 0 amide bonds. The van der Waals surface area contributed by atoms with Gasteiger partial charge in [0.25, 0.3) is 0 Å². The number of aromatic nitrogens is 2. The van der Waals surface area contributed by atoms with Gasteiger partial charge in [0.2, 0.25) is 0 Å². The summed E-state index contributed by atoms with van der Waals surface area (Å²) in [5.74, 6) is -0.512. The average Bonchev–Trinajstić information content (AvgIpc) is 3.01. The molecule has 2 aromatic carbocycles. The van der Waals surface area contributed by atoms with Gasteiger partial charge in [0.05, 0.1) is 5.56 Å². The first-order valence-corrected chi connectivity index (χ1v) is 16.5. The van der Waals surface area contributed by atoms with E-state index in [2.05, 4.69) is 23.8 Å². The Labute approximate surface area is 253 Å². The Kier molecular flexibility index (Phi) is 15.9. The van der Waals surface area contributed by atoms with Crippen molar-refractivity contribution in [1.82, 2.24) is 9.97 Å². The Morgan fingerprint density at radius 3 is 1.67 bits per heavy atom. The van der Waals surface area contributed by atoms with Crippen molar-refractivity contribution in [1.29, 1.82) is 0 Å². The zero-order valence-electron chi connectivity index (χ0n) is 26.0. The smallest absolute Gasteiger partial charge is 0.343 e. The van der Waals surface area contributed by atoms with Gasteiger partial charge < -0.3 is 4.74 Å². The first-order chi connectivity index (χ1) is 20.6. The predicted molar refractivity (Wildman–Crippen MR) is 171 cm³/mol. The number of esters is 1. The van der Waals surface area contributed by atoms with Gasteiger partial charge in [-0.1, -0.05) is 122 Å². The Morgan fingerprint density at radius 1 is 0.643 bits per heavy atom. The molecule has 5 heteroatoms. The highest BCUT2D eigenvalue weighted by Gasteiger charge is 2.13. The van der Waals surface area contributed by atoms with Crippen LogP contribution in [0.15, 0.2) is 54.9 Å². The lowest BCUT2D eigenvalue weighted by molar-refractivity contribution is 0.0728. The Balaban J connectivity index is 1.40. The monoisotopic (exact) mass is 574 g/mol. The van der Waals surface area contributed by atoms with Gasteiger partial charge in [-0.05, 0) is 61.1 Å². The molecule has 0 fully saturated rings. The van der Waals surface area contributed by atoms with Crippen molar-refractivity contribution in [3.05, 3.63) is 77.4 Å². The van der Waals surface area contributed by atoms with Gasteiger partial charge in [0, 0.05) is 18.0 Å². The number of unbranched alkanes of at least 4 members (excludes halogenated alkanes) is 14. The summed E-state index contributed by atoms with van der Waals surface area (Å²) in [6.45, 7) is 4.48. The fourth-order valence-electron chi connectivity index (χ4n) is 5.26. The molecule has 0 aliphatic rings. The van der Waals surface area contributed by atoms with E-state index in [4.69, 9.17) is 4.74 Å². The highest BCUT2D eigenvalue weighted by molar-refractivity contribution is 5.91. The lowest BCUT2D eigenvalue weighted by atomic mass is 10.0. The van der Waals surface area contributed by atoms with Crippen LogP contribution in [0.25, 0.3) is 11.4 Å². The van der Waals surface area contributed by atoms with E-state index in [1.54, 1.807) is 30.3 Å². The number of hydrogen-bond donors (Lipinski definition) is 0. The van der Waals surface area contributed by atoms with E-state index >= 15 is 0 Å². The number of benzene rings is 2. The maximum atomic E-state index is 14.7. The third-order valence-corrected chi connectivity index (χ3v) is 7.92. The van der Waals surface area contributed by atoms with Crippen LogP contribution in [0.3, 0.4) is 0 Å². The number of carbonyl (C=O) groups is 1. The van der Waals surface area contributed by atoms with Crippen LogP contribution in [-0.2, 0) is 12.8 Å². The molecular formula is C37H51FN2O2. The third-order valence-electron chi connectivity index (χ3n) is 7.92. The van der Waals surface area contributed by atoms with Gasteiger partial charge in [-0.3, -0.25) is 0 Å². The van der Waals surface area contributed by atoms with E-state index in [1.807, 2.05) is 18.5 Å². The van der Waals surface area contributed by atoms with Crippen LogP contribution in [0.2, 0.25) is 0 Å². The number of hydrogen-bond acceptors (Lipinski definition) is 4. The maximum absolute atomic E-state index is 14.7. The van der Waals surface area contributed by atoms with Crippen LogP contribution in [0.4, 0.5) is 4.39 Å². The molecule has 4 nitrogen and oxygen atoms in total. The Hall–Kier alpha value is -3.08. The summed E-state index contributed by atoms with van der Waals surface area (Å²) in [6, 6.07) is 11.8. The quantitative estimate of drug-likeness (QED) is 0.0721. The summed E-state index contributed by atoms with van der Waals surface area (Å²) in [5.41, 5.74) is 3.26. The van der Waals surface area contributed by atoms with Crippen molar-refractivity contribution in [2.24, 2.45) is 0 Å². The summed E-state index contributed by atoms with van der Waals surface area (Å²) in [4.78, 5) is 21.7. The molecule has 0 bridgehead atoms. The second-order valence-electron chi connectivity index (χ2n) is 11.6. The van der Waals surface area contributed by atoms with Crippen molar-refractivity contribution < 1.29 is 13.9 Å². The molecule has 0 saturated carbocycles. The molecule has 1 heterocycles. The first-order valence-electron chi connectivity index (χ1n) is 16.5. The van der Waals surface area contributed by atoms with E-state index < -0.39 is 11.8 Å². The van der Waals surface area contributed by atoms with E-state index in [1.165, 1.54) is 89.5 Å². The normalized spacial score (nSPS) is 11.1. The molecule has 228 valence electrons. The summed E-state index contributed by atoms with van der Waals surface area (Å²) in [6.07, 6.45) is 26.0. The zero-order chi connectivity index (χ0) is 29.8. The second-order valence-corrected chi connectivity index (χ2v) is 11.6. The van der Waals surface area contributed by atoms with Gasteiger partial charge in [-0.15, -0.1) is 0 Å². The standard InChI is InChI=1S/C37H51FN2O2/c1-3-5-7-9-11-13-15-17-19-30-21-26-35(34(38)27-30)42-37(41)33-24-22-32(23-25-33)36-39-28-31(29-40-36)20-18-16-14-12-10-8-6-4-2/h21-29H,3-20H2,1-2H3. The Morgan fingerprint density at radius 2 is 1.14 bits per heavy atom. The minimum atomic E-state index is -0.585. The van der Waals surface area contributed by atoms with Gasteiger partial charge in [0.15, 0.2) is 17.4 Å². The maximum Gasteiger partial charge on any atom is 0.343 e. The minimum absolute atomic E-state index is 0.0424. The summed E-state index contributed by atoms with van der Waals surface area (Å²) < 4.78 is 20.0. The minimum Gasteiger partial charge on any atom is -0.420 e. The zero-order valence-corrected chi connectivity index (χ0v) is 26.0. The lowest BCUT2D eigenvalue weighted by Crippen LogP contribution is -2.09. The summed E-state index contributed by atoms with van der Waals surface area (Å²) in [5, 5.41) is 0. The molecule has 0 aliphatic heterocycles.